The summed E-state index contributed by atoms with van der Waals surface area (Å²) in [5.41, 5.74) is 0.669. The lowest BCUT2D eigenvalue weighted by molar-refractivity contribution is 0.0622. The van der Waals surface area contributed by atoms with Crippen molar-refractivity contribution in [2.75, 3.05) is 26.2 Å². The molecule has 126 valence electrons. The Morgan fingerprint density at radius 2 is 1.71 bits per heavy atom. The number of hydrogen-bond acceptors (Lipinski definition) is 2. The second-order valence-electron chi connectivity index (χ2n) is 5.78. The molecule has 1 amide bonds. The minimum atomic E-state index is -0.610. The van der Waals surface area contributed by atoms with Gasteiger partial charge in [0, 0.05) is 43.3 Å². The Morgan fingerprint density at radius 1 is 1.00 bits per heavy atom. The maximum Gasteiger partial charge on any atom is 0.256 e. The Labute approximate surface area is 144 Å². The van der Waals surface area contributed by atoms with Gasteiger partial charge >= 0.3 is 0 Å². The molecule has 0 atom stereocenters. The minimum Gasteiger partial charge on any atom is -0.336 e. The fraction of sp³-hybridized carbons (Fsp3) is 0.278. The summed E-state index contributed by atoms with van der Waals surface area (Å²) >= 11 is 5.71. The number of carbonyl (C=O) groups is 1. The maximum atomic E-state index is 13.9. The quantitative estimate of drug-likeness (QED) is 0.844. The summed E-state index contributed by atoms with van der Waals surface area (Å²) < 4.78 is 27.6. The lowest BCUT2D eigenvalue weighted by Crippen LogP contribution is -2.48. The van der Waals surface area contributed by atoms with Gasteiger partial charge in [0.1, 0.15) is 11.6 Å². The molecule has 0 unspecified atom stereocenters. The molecule has 0 aromatic heterocycles. The Hall–Kier alpha value is -1.98. The molecule has 6 heteroatoms. The highest BCUT2D eigenvalue weighted by Crippen LogP contribution is 2.18. The van der Waals surface area contributed by atoms with Crippen LogP contribution in [0, 0.1) is 11.6 Å². The zero-order valence-electron chi connectivity index (χ0n) is 13.0. The van der Waals surface area contributed by atoms with E-state index in [9.17, 15) is 13.6 Å². The molecule has 0 bridgehead atoms. The van der Waals surface area contributed by atoms with Crippen LogP contribution in [0.2, 0.25) is 5.02 Å². The SMILES string of the molecule is O=C(c1ccc(Cl)cc1F)N1CCN(Cc2ccccc2F)CC1. The van der Waals surface area contributed by atoms with Crippen molar-refractivity contribution < 1.29 is 13.6 Å². The van der Waals surface area contributed by atoms with E-state index < -0.39 is 5.82 Å². The molecule has 1 aliphatic rings. The normalized spacial score (nSPS) is 15.5. The molecule has 1 fully saturated rings. The summed E-state index contributed by atoms with van der Waals surface area (Å²) in [7, 11) is 0. The molecule has 24 heavy (non-hydrogen) atoms. The largest absolute Gasteiger partial charge is 0.336 e. The third kappa shape index (κ3) is 3.74. The standard InChI is InChI=1S/C18H17ClF2N2O/c19-14-5-6-15(17(21)11-14)18(24)23-9-7-22(8-10-23)12-13-3-1-2-4-16(13)20/h1-6,11H,7-10,12H2. The molecule has 2 aromatic rings. The summed E-state index contributed by atoms with van der Waals surface area (Å²) in [4.78, 5) is 16.1. The van der Waals surface area contributed by atoms with Gasteiger partial charge in [-0.05, 0) is 24.3 Å². The van der Waals surface area contributed by atoms with E-state index in [0.29, 0.717) is 38.3 Å². The smallest absolute Gasteiger partial charge is 0.256 e. The van der Waals surface area contributed by atoms with Crippen LogP contribution in [0.5, 0.6) is 0 Å². The summed E-state index contributed by atoms with van der Waals surface area (Å²) in [6.07, 6.45) is 0. The van der Waals surface area contributed by atoms with E-state index in [4.69, 9.17) is 11.6 Å². The van der Waals surface area contributed by atoms with Crippen LogP contribution in [0.4, 0.5) is 8.78 Å². The molecule has 1 aliphatic heterocycles. The molecule has 0 aliphatic carbocycles. The Kier molecular flexibility index (Phi) is 5.11. The van der Waals surface area contributed by atoms with E-state index in [-0.39, 0.29) is 22.3 Å². The van der Waals surface area contributed by atoms with Crippen LogP contribution < -0.4 is 0 Å². The van der Waals surface area contributed by atoms with E-state index in [1.807, 2.05) is 6.07 Å². The van der Waals surface area contributed by atoms with Gasteiger partial charge < -0.3 is 4.90 Å². The van der Waals surface area contributed by atoms with Gasteiger partial charge in [0.15, 0.2) is 0 Å². The maximum absolute atomic E-state index is 13.9. The first-order valence-electron chi connectivity index (χ1n) is 7.74. The third-order valence-electron chi connectivity index (χ3n) is 4.17. The first-order valence-corrected chi connectivity index (χ1v) is 8.12. The van der Waals surface area contributed by atoms with Gasteiger partial charge in [0.05, 0.1) is 5.56 Å². The number of piperazine rings is 1. The van der Waals surface area contributed by atoms with E-state index in [1.165, 1.54) is 18.2 Å². The van der Waals surface area contributed by atoms with Crippen molar-refractivity contribution in [3.05, 3.63) is 70.2 Å². The molecule has 0 radical (unpaired) electrons. The van der Waals surface area contributed by atoms with E-state index >= 15 is 0 Å². The molecule has 3 nitrogen and oxygen atoms in total. The molecular weight excluding hydrogens is 334 g/mol. The van der Waals surface area contributed by atoms with E-state index in [0.717, 1.165) is 6.07 Å². The van der Waals surface area contributed by atoms with Crippen LogP contribution in [0.3, 0.4) is 0 Å². The summed E-state index contributed by atoms with van der Waals surface area (Å²) in [6.45, 7) is 2.71. The van der Waals surface area contributed by atoms with Gasteiger partial charge in [-0.15, -0.1) is 0 Å². The zero-order valence-corrected chi connectivity index (χ0v) is 13.8. The van der Waals surface area contributed by atoms with Crippen molar-refractivity contribution >= 4 is 17.5 Å². The van der Waals surface area contributed by atoms with Crippen molar-refractivity contribution in [2.45, 2.75) is 6.54 Å². The number of rotatable bonds is 3. The summed E-state index contributed by atoms with van der Waals surface area (Å²) in [5, 5.41) is 0.263. The molecule has 0 spiro atoms. The lowest BCUT2D eigenvalue weighted by Gasteiger charge is -2.34. The molecule has 1 heterocycles. The Balaban J connectivity index is 1.60. The Morgan fingerprint density at radius 3 is 2.38 bits per heavy atom. The van der Waals surface area contributed by atoms with E-state index in [2.05, 4.69) is 4.90 Å². The van der Waals surface area contributed by atoms with E-state index in [1.54, 1.807) is 17.0 Å². The van der Waals surface area contributed by atoms with Crippen LogP contribution >= 0.6 is 11.6 Å². The molecule has 0 saturated carbocycles. The molecule has 1 saturated heterocycles. The highest BCUT2D eigenvalue weighted by Gasteiger charge is 2.24. The van der Waals surface area contributed by atoms with Crippen LogP contribution in [-0.2, 0) is 6.54 Å². The Bertz CT molecular complexity index is 746. The third-order valence-corrected chi connectivity index (χ3v) is 4.41. The number of benzene rings is 2. The van der Waals surface area contributed by atoms with Crippen molar-refractivity contribution in [2.24, 2.45) is 0 Å². The first kappa shape index (κ1) is 16.9. The summed E-state index contributed by atoms with van der Waals surface area (Å²) in [6, 6.07) is 10.7. The average Bonchev–Trinajstić information content (AvgIpc) is 2.57. The fourth-order valence-corrected chi connectivity index (χ4v) is 2.97. The van der Waals surface area contributed by atoms with Crippen molar-refractivity contribution in [1.29, 1.82) is 0 Å². The molecular formula is C18H17ClF2N2O. The van der Waals surface area contributed by atoms with Gasteiger partial charge in [0.2, 0.25) is 0 Å². The molecule has 0 N–H and O–H groups in total. The minimum absolute atomic E-state index is 0.0296. The number of amides is 1. The van der Waals surface area contributed by atoms with Crippen LogP contribution in [0.1, 0.15) is 15.9 Å². The van der Waals surface area contributed by atoms with Crippen molar-refractivity contribution in [3.8, 4) is 0 Å². The second kappa shape index (κ2) is 7.28. The number of nitrogens with zero attached hydrogens (tertiary/aromatic N) is 2. The van der Waals surface area contributed by atoms with Gasteiger partial charge in [-0.3, -0.25) is 9.69 Å². The van der Waals surface area contributed by atoms with Gasteiger partial charge in [0.25, 0.3) is 5.91 Å². The van der Waals surface area contributed by atoms with Crippen LogP contribution in [-0.4, -0.2) is 41.9 Å². The lowest BCUT2D eigenvalue weighted by atomic mass is 10.1. The number of hydrogen-bond donors (Lipinski definition) is 0. The van der Waals surface area contributed by atoms with Crippen LogP contribution in [0.15, 0.2) is 42.5 Å². The first-order chi connectivity index (χ1) is 11.5. The number of carbonyl (C=O) groups excluding carboxylic acids is 1. The van der Waals surface area contributed by atoms with Crippen molar-refractivity contribution in [3.63, 3.8) is 0 Å². The van der Waals surface area contributed by atoms with Gasteiger partial charge in [-0.1, -0.05) is 29.8 Å². The van der Waals surface area contributed by atoms with Gasteiger partial charge in [-0.2, -0.15) is 0 Å². The van der Waals surface area contributed by atoms with Crippen molar-refractivity contribution in [1.82, 2.24) is 9.80 Å². The summed E-state index contributed by atoms with van der Waals surface area (Å²) in [5.74, 6) is -1.17. The zero-order chi connectivity index (χ0) is 17.1. The fourth-order valence-electron chi connectivity index (χ4n) is 2.81. The topological polar surface area (TPSA) is 23.6 Å². The second-order valence-corrected chi connectivity index (χ2v) is 6.22. The highest BCUT2D eigenvalue weighted by atomic mass is 35.5. The average molecular weight is 351 g/mol. The highest BCUT2D eigenvalue weighted by molar-refractivity contribution is 6.30. The molecule has 3 rings (SSSR count). The predicted octanol–water partition coefficient (Wildman–Crippen LogP) is 3.58. The monoisotopic (exact) mass is 350 g/mol. The molecule has 2 aromatic carbocycles. The number of halogens is 3. The van der Waals surface area contributed by atoms with Gasteiger partial charge in [-0.25, -0.2) is 8.78 Å². The predicted molar refractivity (Wildman–Crippen MR) is 89.0 cm³/mol. The van der Waals surface area contributed by atoms with Crippen LogP contribution in [0.25, 0.3) is 0 Å².